The summed E-state index contributed by atoms with van der Waals surface area (Å²) in [5.74, 6) is 0.115. The fourth-order valence-corrected chi connectivity index (χ4v) is 1.29. The van der Waals surface area contributed by atoms with Crippen LogP contribution in [0.5, 0.6) is 0 Å². The Morgan fingerprint density at radius 1 is 1.38 bits per heavy atom. The van der Waals surface area contributed by atoms with Crippen molar-refractivity contribution in [3.8, 4) is 0 Å². The van der Waals surface area contributed by atoms with Crippen LogP contribution in [0.1, 0.15) is 18.1 Å². The molecule has 0 aliphatic rings. The molecule has 4 N–H and O–H groups in total. The fourth-order valence-electron chi connectivity index (χ4n) is 1.29. The van der Waals surface area contributed by atoms with Gasteiger partial charge in [-0.25, -0.2) is 4.99 Å². The first kappa shape index (κ1) is 9.58. The number of nitrogens with zero attached hydrogens (tertiary/aromatic N) is 1. The van der Waals surface area contributed by atoms with Crippen LogP contribution in [0.3, 0.4) is 0 Å². The van der Waals surface area contributed by atoms with E-state index in [2.05, 4.69) is 11.9 Å². The summed E-state index contributed by atoms with van der Waals surface area (Å²) >= 11 is 0. The molecule has 1 rings (SSSR count). The number of guanidine groups is 1. The number of nitrogens with two attached hydrogens (primary N) is 2. The number of rotatable bonds is 2. The zero-order valence-electron chi connectivity index (χ0n) is 8.04. The highest BCUT2D eigenvalue weighted by Crippen LogP contribution is 2.23. The van der Waals surface area contributed by atoms with E-state index in [1.807, 2.05) is 25.1 Å². The van der Waals surface area contributed by atoms with Gasteiger partial charge < -0.3 is 11.5 Å². The number of aryl methyl sites for hydroxylation is 2. The van der Waals surface area contributed by atoms with Crippen molar-refractivity contribution in [2.75, 3.05) is 0 Å². The molecule has 0 heterocycles. The zero-order chi connectivity index (χ0) is 9.84. The minimum atomic E-state index is 0.115. The Hall–Kier alpha value is -1.51. The van der Waals surface area contributed by atoms with Crippen LogP contribution in [0, 0.1) is 6.92 Å². The third-order valence-electron chi connectivity index (χ3n) is 1.94. The Bertz CT molecular complexity index is 325. The SMILES string of the molecule is CCc1cccc(C)c1N=C(N)N. The normalized spacial score (nSPS) is 9.69. The Labute approximate surface area is 78.5 Å². The molecule has 0 radical (unpaired) electrons. The third kappa shape index (κ3) is 2.21. The lowest BCUT2D eigenvalue weighted by Crippen LogP contribution is -2.22. The monoisotopic (exact) mass is 177 g/mol. The third-order valence-corrected chi connectivity index (χ3v) is 1.94. The van der Waals surface area contributed by atoms with Crippen molar-refractivity contribution in [1.29, 1.82) is 0 Å². The van der Waals surface area contributed by atoms with Crippen LogP contribution in [0.4, 0.5) is 5.69 Å². The van der Waals surface area contributed by atoms with E-state index in [-0.39, 0.29) is 5.96 Å². The maximum absolute atomic E-state index is 5.34. The molecule has 0 aromatic heterocycles. The molecule has 0 aliphatic heterocycles. The van der Waals surface area contributed by atoms with Gasteiger partial charge in [-0.05, 0) is 24.5 Å². The molecule has 13 heavy (non-hydrogen) atoms. The van der Waals surface area contributed by atoms with E-state index in [0.29, 0.717) is 0 Å². The molecule has 3 heteroatoms. The van der Waals surface area contributed by atoms with E-state index in [0.717, 1.165) is 17.7 Å². The van der Waals surface area contributed by atoms with Crippen LogP contribution < -0.4 is 11.5 Å². The average Bonchev–Trinajstić information content (AvgIpc) is 2.08. The van der Waals surface area contributed by atoms with Gasteiger partial charge in [0.15, 0.2) is 5.96 Å². The van der Waals surface area contributed by atoms with Crippen LogP contribution in [0.15, 0.2) is 23.2 Å². The standard InChI is InChI=1S/C10H15N3/c1-3-8-6-4-5-7(2)9(8)13-10(11)12/h4-6H,3H2,1-2H3,(H4,11,12,13). The van der Waals surface area contributed by atoms with Crippen LogP contribution in [0.2, 0.25) is 0 Å². The van der Waals surface area contributed by atoms with Gasteiger partial charge in [0, 0.05) is 0 Å². The lowest BCUT2D eigenvalue weighted by Gasteiger charge is -2.06. The van der Waals surface area contributed by atoms with Gasteiger partial charge in [0.2, 0.25) is 0 Å². The van der Waals surface area contributed by atoms with E-state index in [4.69, 9.17) is 11.5 Å². The zero-order valence-corrected chi connectivity index (χ0v) is 8.04. The molecule has 0 saturated heterocycles. The van der Waals surface area contributed by atoms with Gasteiger partial charge in [0.05, 0.1) is 5.69 Å². The van der Waals surface area contributed by atoms with E-state index in [1.165, 1.54) is 5.56 Å². The summed E-state index contributed by atoms with van der Waals surface area (Å²) in [7, 11) is 0. The van der Waals surface area contributed by atoms with Crippen LogP contribution in [0.25, 0.3) is 0 Å². The molecule has 0 atom stereocenters. The quantitative estimate of drug-likeness (QED) is 0.530. The Morgan fingerprint density at radius 3 is 2.62 bits per heavy atom. The summed E-state index contributed by atoms with van der Waals surface area (Å²) in [5, 5.41) is 0. The number of benzene rings is 1. The summed E-state index contributed by atoms with van der Waals surface area (Å²) in [6.07, 6.45) is 0.938. The molecule has 1 aromatic rings. The molecule has 0 fully saturated rings. The highest BCUT2D eigenvalue weighted by Gasteiger charge is 2.01. The predicted octanol–water partition coefficient (Wildman–Crippen LogP) is 1.46. The van der Waals surface area contributed by atoms with Crippen LogP contribution in [-0.4, -0.2) is 5.96 Å². The minimum absolute atomic E-state index is 0.115. The van der Waals surface area contributed by atoms with Gasteiger partial charge in [-0.15, -0.1) is 0 Å². The first-order valence-electron chi connectivity index (χ1n) is 4.33. The highest BCUT2D eigenvalue weighted by atomic mass is 15.0. The smallest absolute Gasteiger partial charge is 0.191 e. The van der Waals surface area contributed by atoms with Gasteiger partial charge in [0.25, 0.3) is 0 Å². The van der Waals surface area contributed by atoms with Crippen molar-refractivity contribution in [2.45, 2.75) is 20.3 Å². The topological polar surface area (TPSA) is 64.4 Å². The van der Waals surface area contributed by atoms with Gasteiger partial charge in [-0.1, -0.05) is 25.1 Å². The molecular weight excluding hydrogens is 162 g/mol. The van der Waals surface area contributed by atoms with Gasteiger partial charge in [0.1, 0.15) is 0 Å². The second-order valence-electron chi connectivity index (χ2n) is 2.97. The molecule has 0 aliphatic carbocycles. The van der Waals surface area contributed by atoms with E-state index < -0.39 is 0 Å². The van der Waals surface area contributed by atoms with E-state index >= 15 is 0 Å². The maximum Gasteiger partial charge on any atom is 0.191 e. The minimum Gasteiger partial charge on any atom is -0.370 e. The fraction of sp³-hybridized carbons (Fsp3) is 0.300. The molecule has 0 spiro atoms. The highest BCUT2D eigenvalue weighted by molar-refractivity contribution is 5.80. The Kier molecular flexibility index (Phi) is 2.90. The second-order valence-corrected chi connectivity index (χ2v) is 2.97. The molecule has 70 valence electrons. The largest absolute Gasteiger partial charge is 0.370 e. The van der Waals surface area contributed by atoms with Crippen LogP contribution in [-0.2, 0) is 6.42 Å². The van der Waals surface area contributed by atoms with Gasteiger partial charge in [-0.3, -0.25) is 0 Å². The van der Waals surface area contributed by atoms with Crippen molar-refractivity contribution < 1.29 is 0 Å². The number of hydrogen-bond donors (Lipinski definition) is 2. The second kappa shape index (κ2) is 3.94. The molecular formula is C10H15N3. The summed E-state index contributed by atoms with van der Waals surface area (Å²) in [4.78, 5) is 4.10. The van der Waals surface area contributed by atoms with Gasteiger partial charge >= 0.3 is 0 Å². The molecule has 3 nitrogen and oxygen atoms in total. The summed E-state index contributed by atoms with van der Waals surface area (Å²) in [6.45, 7) is 4.08. The van der Waals surface area contributed by atoms with Crippen molar-refractivity contribution in [3.05, 3.63) is 29.3 Å². The number of hydrogen-bond acceptors (Lipinski definition) is 1. The summed E-state index contributed by atoms with van der Waals surface area (Å²) in [5.41, 5.74) is 13.9. The predicted molar refractivity (Wildman–Crippen MR) is 56.0 cm³/mol. The molecule has 0 amide bonds. The van der Waals surface area contributed by atoms with E-state index in [1.54, 1.807) is 0 Å². The van der Waals surface area contributed by atoms with Crippen molar-refractivity contribution in [1.82, 2.24) is 0 Å². The summed E-state index contributed by atoms with van der Waals surface area (Å²) in [6, 6.07) is 6.05. The van der Waals surface area contributed by atoms with Gasteiger partial charge in [-0.2, -0.15) is 0 Å². The molecule has 0 bridgehead atoms. The first-order chi connectivity index (χ1) is 6.15. The van der Waals surface area contributed by atoms with E-state index in [9.17, 15) is 0 Å². The number of aliphatic imine (C=N–C) groups is 1. The van der Waals surface area contributed by atoms with Crippen LogP contribution >= 0.6 is 0 Å². The molecule has 0 saturated carbocycles. The average molecular weight is 177 g/mol. The lowest BCUT2D eigenvalue weighted by molar-refractivity contribution is 1.12. The lowest BCUT2D eigenvalue weighted by atomic mass is 10.1. The Morgan fingerprint density at radius 2 is 2.08 bits per heavy atom. The molecule has 0 unspecified atom stereocenters. The summed E-state index contributed by atoms with van der Waals surface area (Å²) < 4.78 is 0. The number of para-hydroxylation sites is 1. The van der Waals surface area contributed by atoms with Crippen molar-refractivity contribution in [3.63, 3.8) is 0 Å². The first-order valence-corrected chi connectivity index (χ1v) is 4.33. The van der Waals surface area contributed by atoms with Crippen molar-refractivity contribution in [2.24, 2.45) is 16.5 Å². The molecule has 1 aromatic carbocycles. The maximum atomic E-state index is 5.34. The van der Waals surface area contributed by atoms with Crippen molar-refractivity contribution >= 4 is 11.6 Å². The Balaban J connectivity index is 3.23.